The number of hydrogen-bond donors (Lipinski definition) is 0. The third-order valence-electron chi connectivity index (χ3n) is 5.86. The van der Waals surface area contributed by atoms with Gasteiger partial charge in [-0.05, 0) is 57.4 Å². The van der Waals surface area contributed by atoms with E-state index in [4.69, 9.17) is 11.6 Å². The Bertz CT molecular complexity index is 1320. The Kier molecular flexibility index (Phi) is 6.01. The van der Waals surface area contributed by atoms with Gasteiger partial charge in [0.1, 0.15) is 38.5 Å². The molecule has 0 saturated carbocycles. The maximum atomic E-state index is 15.0. The highest BCUT2D eigenvalue weighted by atomic mass is 32.2. The minimum atomic E-state index is -2.76. The number of nitrogens with zero attached hydrogens (tertiary/aromatic N) is 6. The van der Waals surface area contributed by atoms with Crippen LogP contribution in [0.5, 0.6) is 0 Å². The molecule has 2 aliphatic heterocycles. The van der Waals surface area contributed by atoms with Crippen molar-refractivity contribution in [2.24, 2.45) is 9.36 Å². The Morgan fingerprint density at radius 1 is 1.33 bits per heavy atom. The molecule has 33 heavy (non-hydrogen) atoms. The quantitative estimate of drug-likeness (QED) is 0.500. The molecule has 4 heterocycles. The summed E-state index contributed by atoms with van der Waals surface area (Å²) in [4.78, 5) is 29.4. The van der Waals surface area contributed by atoms with Gasteiger partial charge >= 0.3 is 0 Å². The molecule has 0 fully saturated rings. The van der Waals surface area contributed by atoms with Crippen LogP contribution in [0.3, 0.4) is 0 Å². The summed E-state index contributed by atoms with van der Waals surface area (Å²) in [5, 5.41) is 0. The van der Waals surface area contributed by atoms with Crippen LogP contribution in [0.4, 0.5) is 10.1 Å². The second kappa shape index (κ2) is 8.63. The zero-order valence-electron chi connectivity index (χ0n) is 18.8. The average Bonchev–Trinajstić information content (AvgIpc) is 2.95. The van der Waals surface area contributed by atoms with Crippen LogP contribution >= 0.6 is 0 Å². The van der Waals surface area contributed by atoms with Gasteiger partial charge in [-0.1, -0.05) is 0 Å². The molecular formula is C23H25FN6O2S. The monoisotopic (exact) mass is 468 g/mol. The number of hydrogen-bond acceptors (Lipinski definition) is 6. The Hall–Kier alpha value is -3.19. The summed E-state index contributed by atoms with van der Waals surface area (Å²) >= 11 is 0. The second-order valence-electron chi connectivity index (χ2n) is 8.55. The summed E-state index contributed by atoms with van der Waals surface area (Å²) < 4.78 is 34.9. The Balaban J connectivity index is 1.68. The predicted octanol–water partition coefficient (Wildman–Crippen LogP) is 4.03. The summed E-state index contributed by atoms with van der Waals surface area (Å²) in [5.41, 5.74) is 0.473. The lowest BCUT2D eigenvalue weighted by Crippen LogP contribution is -2.48. The average molecular weight is 469 g/mol. The van der Waals surface area contributed by atoms with Gasteiger partial charge in [0.25, 0.3) is 0 Å². The van der Waals surface area contributed by atoms with Gasteiger partial charge in [0.05, 0.1) is 25.3 Å². The molecule has 2 aliphatic rings. The maximum Gasteiger partial charge on any atom is 0.205 e. The molecule has 0 aromatic carbocycles. The number of carbonyl (C=O) groups excluding carboxylic acids is 1. The zero-order valence-corrected chi connectivity index (χ0v) is 19.7. The fourth-order valence-corrected chi connectivity index (χ4v) is 6.93. The lowest BCUT2D eigenvalue weighted by atomic mass is 9.98. The Morgan fingerprint density at radius 2 is 2.12 bits per heavy atom. The third kappa shape index (κ3) is 4.37. The topological polar surface area (TPSA) is 92.2 Å². The molecule has 0 aliphatic carbocycles. The van der Waals surface area contributed by atoms with E-state index >= 15 is 0 Å². The summed E-state index contributed by atoms with van der Waals surface area (Å²) in [5.74, 6) is -0.247. The molecule has 10 heteroatoms. The van der Waals surface area contributed by atoms with Crippen molar-refractivity contribution in [1.82, 2.24) is 14.3 Å². The fraction of sp³-hybridized carbons (Fsp3) is 0.435. The highest BCUT2D eigenvalue weighted by molar-refractivity contribution is 7.92. The van der Waals surface area contributed by atoms with E-state index in [-0.39, 0.29) is 29.3 Å². The zero-order chi connectivity index (χ0) is 23.8. The first-order valence-corrected chi connectivity index (χ1v) is 12.4. The Morgan fingerprint density at radius 3 is 2.85 bits per heavy atom. The SMILES string of the molecule is [C-]#[N+]c1cnc(C(=O)Cc2ccc(F)c([C@]3(C)C[S@@]4(=O)=NCCCCN4C(C)=N3)n2)c(C)c1. The van der Waals surface area contributed by atoms with Gasteiger partial charge in [0.15, 0.2) is 5.78 Å². The highest BCUT2D eigenvalue weighted by Crippen LogP contribution is 2.35. The standard InChI is InChI=1S/C23H25FN6O2S/c1-15-11-18(25-4)13-26-21(15)20(31)12-17-7-8-19(24)22(28-17)23(3)14-33(32)27-9-5-6-10-30(33)16(2)29-23/h7-8,11,13H,5-6,9-10,12,14H2,1-3H3/t23-,33+/m0/s1. The van der Waals surface area contributed by atoms with Crippen LogP contribution in [-0.2, 0) is 21.9 Å². The van der Waals surface area contributed by atoms with Crippen LogP contribution in [-0.4, -0.2) is 48.9 Å². The lowest BCUT2D eigenvalue weighted by Gasteiger charge is -2.38. The van der Waals surface area contributed by atoms with E-state index in [1.54, 1.807) is 31.1 Å². The van der Waals surface area contributed by atoms with E-state index in [1.165, 1.54) is 18.3 Å². The van der Waals surface area contributed by atoms with Crippen molar-refractivity contribution in [3.8, 4) is 0 Å². The molecule has 0 bridgehead atoms. The van der Waals surface area contributed by atoms with E-state index in [9.17, 15) is 13.4 Å². The first-order chi connectivity index (χ1) is 15.6. The van der Waals surface area contributed by atoms with E-state index in [0.29, 0.717) is 35.9 Å². The van der Waals surface area contributed by atoms with Crippen LogP contribution in [0.25, 0.3) is 4.85 Å². The minimum absolute atomic E-state index is 0.0391. The van der Waals surface area contributed by atoms with Gasteiger partial charge < -0.3 is 0 Å². The number of Topliss-reactive ketones (excluding diaryl/α,β-unsaturated/α-hetero) is 1. The number of fused-ring (bicyclic) bond motifs is 1. The van der Waals surface area contributed by atoms with E-state index in [1.807, 2.05) is 0 Å². The molecule has 2 aromatic rings. The van der Waals surface area contributed by atoms with E-state index in [0.717, 1.165) is 12.8 Å². The smallest absolute Gasteiger partial charge is 0.205 e. The molecule has 2 aromatic heterocycles. The molecule has 0 N–H and O–H groups in total. The van der Waals surface area contributed by atoms with Crippen LogP contribution in [0.15, 0.2) is 33.8 Å². The number of aryl methyl sites for hydroxylation is 1. The molecule has 4 rings (SSSR count). The molecular weight excluding hydrogens is 443 g/mol. The number of rotatable bonds is 4. The first kappa shape index (κ1) is 23.0. The molecule has 0 amide bonds. The van der Waals surface area contributed by atoms with Gasteiger partial charge in [0.2, 0.25) is 5.69 Å². The molecule has 0 radical (unpaired) electrons. The Labute approximate surface area is 193 Å². The van der Waals surface area contributed by atoms with Crippen molar-refractivity contribution in [1.29, 1.82) is 0 Å². The van der Waals surface area contributed by atoms with Crippen molar-refractivity contribution in [2.75, 3.05) is 18.8 Å². The van der Waals surface area contributed by atoms with Crippen molar-refractivity contribution in [3.63, 3.8) is 0 Å². The predicted molar refractivity (Wildman–Crippen MR) is 124 cm³/mol. The molecule has 2 atom stereocenters. The van der Waals surface area contributed by atoms with Crippen LogP contribution in [0.2, 0.25) is 0 Å². The van der Waals surface area contributed by atoms with Crippen molar-refractivity contribution >= 4 is 27.2 Å². The van der Waals surface area contributed by atoms with Crippen molar-refractivity contribution < 1.29 is 13.4 Å². The molecule has 0 saturated heterocycles. The van der Waals surface area contributed by atoms with Gasteiger partial charge in [-0.25, -0.2) is 17.8 Å². The molecule has 0 unspecified atom stereocenters. The largest absolute Gasteiger partial charge is 0.292 e. The number of ketones is 1. The van der Waals surface area contributed by atoms with Gasteiger partial charge in [-0.15, -0.1) is 0 Å². The normalized spacial score (nSPS) is 24.7. The number of carbonyl (C=O) groups is 1. The summed E-state index contributed by atoms with van der Waals surface area (Å²) in [6.45, 7) is 13.4. The van der Waals surface area contributed by atoms with Crippen molar-refractivity contribution in [2.45, 2.75) is 45.6 Å². The lowest BCUT2D eigenvalue weighted by molar-refractivity contribution is 0.0986. The third-order valence-corrected chi connectivity index (χ3v) is 8.52. The molecule has 172 valence electrons. The number of aliphatic imine (C=N–C) groups is 1. The fourth-order valence-electron chi connectivity index (χ4n) is 4.33. The van der Waals surface area contributed by atoms with Gasteiger partial charge in [-0.2, -0.15) is 0 Å². The minimum Gasteiger partial charge on any atom is -0.292 e. The van der Waals surface area contributed by atoms with Gasteiger partial charge in [0, 0.05) is 18.4 Å². The van der Waals surface area contributed by atoms with Crippen LogP contribution in [0, 0.1) is 19.3 Å². The second-order valence-corrected chi connectivity index (χ2v) is 10.8. The molecule has 8 nitrogen and oxygen atoms in total. The summed E-state index contributed by atoms with van der Waals surface area (Å²) in [6.07, 6.45) is 3.00. The van der Waals surface area contributed by atoms with Gasteiger partial charge in [-0.3, -0.25) is 24.1 Å². The van der Waals surface area contributed by atoms with Crippen LogP contribution in [0.1, 0.15) is 54.1 Å². The number of amidine groups is 1. The number of aromatic nitrogens is 2. The summed E-state index contributed by atoms with van der Waals surface area (Å²) in [7, 11) is -2.76. The van der Waals surface area contributed by atoms with E-state index < -0.39 is 21.3 Å². The van der Waals surface area contributed by atoms with E-state index in [2.05, 4.69) is 19.2 Å². The highest BCUT2D eigenvalue weighted by Gasteiger charge is 2.42. The summed E-state index contributed by atoms with van der Waals surface area (Å²) in [6, 6.07) is 4.34. The maximum absolute atomic E-state index is 15.0. The number of halogens is 1. The van der Waals surface area contributed by atoms with Crippen molar-refractivity contribution in [3.05, 3.63) is 64.3 Å². The van der Waals surface area contributed by atoms with Crippen LogP contribution < -0.4 is 0 Å². The number of pyridine rings is 2. The first-order valence-electron chi connectivity index (χ1n) is 10.7. The molecule has 0 spiro atoms.